The van der Waals surface area contributed by atoms with E-state index in [2.05, 4.69) is 0 Å². The first kappa shape index (κ1) is 45.2. The first-order valence-electron chi connectivity index (χ1n) is 9.96. The number of carboxylic acid groups (broad SMARTS) is 2. The molecule has 0 amide bonds. The van der Waals surface area contributed by atoms with Gasteiger partial charge in [-0.1, -0.05) is 0 Å². The van der Waals surface area contributed by atoms with E-state index in [0.29, 0.717) is 0 Å². The summed E-state index contributed by atoms with van der Waals surface area (Å²) >= 11 is 0. The van der Waals surface area contributed by atoms with Gasteiger partial charge in [-0.05, 0) is 36.4 Å². The fraction of sp³-hybridized carbons (Fsp3) is 0.300. The summed E-state index contributed by atoms with van der Waals surface area (Å²) in [4.78, 5) is 23.4. The third-order valence-electron chi connectivity index (χ3n) is 4.91. The van der Waals surface area contributed by atoms with Crippen LogP contribution in [0.5, 0.6) is 11.5 Å². The molecule has 14 nitrogen and oxygen atoms in total. The molecular weight excluding hydrogens is 616 g/mol. The third-order valence-corrected chi connectivity index (χ3v) is 6.57. The molecular formula is C20H20N2Na4O12S2. The van der Waals surface area contributed by atoms with Crippen molar-refractivity contribution in [2.75, 3.05) is 26.2 Å². The molecule has 0 aliphatic heterocycles. The number of carboxylic acids is 2. The van der Waals surface area contributed by atoms with Crippen LogP contribution >= 0.6 is 0 Å². The van der Waals surface area contributed by atoms with Crippen LogP contribution in [0.2, 0.25) is 0 Å². The molecule has 0 bridgehead atoms. The average molecular weight is 636 g/mol. The number of nitrogens with zero attached hydrogens (tertiary/aromatic N) is 2. The molecule has 2 aromatic carbocycles. The van der Waals surface area contributed by atoms with Gasteiger partial charge < -0.3 is 39.1 Å². The summed E-state index contributed by atoms with van der Waals surface area (Å²) in [7, 11) is -9.74. The quantitative estimate of drug-likeness (QED) is 0.153. The number of phenols is 2. The smallest absolute Gasteiger partial charge is 0.744 e. The fourth-order valence-corrected chi connectivity index (χ4v) is 4.29. The molecule has 0 saturated carbocycles. The second-order valence-corrected chi connectivity index (χ2v) is 10.4. The van der Waals surface area contributed by atoms with Crippen LogP contribution in [-0.2, 0) is 42.9 Å². The molecule has 0 heterocycles. The van der Waals surface area contributed by atoms with Gasteiger partial charge in [0.25, 0.3) is 0 Å². The Balaban J connectivity index is -0.00000342. The van der Waals surface area contributed by atoms with Crippen molar-refractivity contribution in [2.45, 2.75) is 22.9 Å². The Kier molecular flexibility index (Phi) is 22.4. The van der Waals surface area contributed by atoms with Crippen LogP contribution < -0.4 is 128 Å². The zero-order valence-electron chi connectivity index (χ0n) is 22.4. The van der Waals surface area contributed by atoms with E-state index in [9.17, 15) is 56.0 Å². The van der Waals surface area contributed by atoms with Crippen molar-refractivity contribution in [3.05, 3.63) is 47.5 Å². The summed E-state index contributed by atoms with van der Waals surface area (Å²) in [6, 6.07) is 5.36. The van der Waals surface area contributed by atoms with Crippen LogP contribution in [0.3, 0.4) is 0 Å². The monoisotopic (exact) mass is 636 g/mol. The van der Waals surface area contributed by atoms with Crippen molar-refractivity contribution in [3.8, 4) is 11.5 Å². The number of rotatable bonds is 13. The van der Waals surface area contributed by atoms with Crippen molar-refractivity contribution in [1.82, 2.24) is 9.80 Å². The minimum Gasteiger partial charge on any atom is -0.744 e. The zero-order chi connectivity index (χ0) is 27.3. The Morgan fingerprint density at radius 2 is 0.950 bits per heavy atom. The van der Waals surface area contributed by atoms with E-state index in [1.165, 1.54) is 0 Å². The fourth-order valence-electron chi connectivity index (χ4n) is 3.25. The Bertz CT molecular complexity index is 1260. The number of carbonyl (C=O) groups is 2. The number of hydrogen-bond acceptors (Lipinski definition) is 14. The van der Waals surface area contributed by atoms with Gasteiger partial charge in [-0.2, -0.15) is 0 Å². The van der Waals surface area contributed by atoms with E-state index in [0.717, 1.165) is 46.2 Å². The minimum absolute atomic E-state index is 0. The largest absolute Gasteiger partial charge is 1.00 e. The average Bonchev–Trinajstić information content (AvgIpc) is 2.72. The Morgan fingerprint density at radius 3 is 1.20 bits per heavy atom. The summed E-state index contributed by atoms with van der Waals surface area (Å²) in [6.07, 6.45) is 0. The molecule has 0 fully saturated rings. The van der Waals surface area contributed by atoms with Crippen molar-refractivity contribution in [2.24, 2.45) is 0 Å². The molecule has 198 valence electrons. The van der Waals surface area contributed by atoms with Gasteiger partial charge in [0.15, 0.2) is 0 Å². The maximum Gasteiger partial charge on any atom is 1.00 e. The maximum atomic E-state index is 11.3. The molecule has 0 saturated heterocycles. The van der Waals surface area contributed by atoms with E-state index in [-0.39, 0.29) is 156 Å². The van der Waals surface area contributed by atoms with Crippen LogP contribution in [0.1, 0.15) is 11.1 Å². The summed E-state index contributed by atoms with van der Waals surface area (Å²) < 4.78 is 67.6. The van der Waals surface area contributed by atoms with Gasteiger partial charge in [-0.15, -0.1) is 0 Å². The van der Waals surface area contributed by atoms with Crippen LogP contribution in [-0.4, -0.2) is 84.1 Å². The van der Waals surface area contributed by atoms with E-state index in [1.807, 2.05) is 0 Å². The molecule has 2 rings (SSSR count). The number of hydrogen-bond donors (Lipinski definition) is 2. The molecule has 2 aromatic rings. The number of phenolic OH excluding ortho intramolecular Hbond substituents is 2. The van der Waals surface area contributed by atoms with Gasteiger partial charge in [0.2, 0.25) is 0 Å². The number of carbonyl (C=O) groups excluding carboxylic acids is 2. The Labute approximate surface area is 319 Å². The van der Waals surface area contributed by atoms with Crippen molar-refractivity contribution in [3.63, 3.8) is 0 Å². The maximum absolute atomic E-state index is 11.3. The van der Waals surface area contributed by atoms with E-state index in [1.54, 1.807) is 0 Å². The SMILES string of the molecule is O=C([O-])CN(CCN(CC(=O)[O-])Cc1cc(S(=O)(=O)[O-])ccc1O)Cc1cc(S(=O)(=O)[O-])ccc1O.[Na+].[Na+].[Na+].[Na+]. The number of aromatic hydroxyl groups is 2. The summed E-state index contributed by atoms with van der Waals surface area (Å²) in [5.74, 6) is -3.98. The second kappa shape index (κ2) is 19.9. The van der Waals surface area contributed by atoms with Crippen LogP contribution in [0, 0.1) is 0 Å². The van der Waals surface area contributed by atoms with Crippen LogP contribution in [0.25, 0.3) is 0 Å². The molecule has 40 heavy (non-hydrogen) atoms. The molecule has 0 radical (unpaired) electrons. The normalized spacial score (nSPS) is 11.0. The molecule has 0 aliphatic carbocycles. The molecule has 0 unspecified atom stereocenters. The van der Waals surface area contributed by atoms with Gasteiger partial charge in [-0.25, -0.2) is 16.8 Å². The van der Waals surface area contributed by atoms with Crippen molar-refractivity contribution < 1.29 is 174 Å². The van der Waals surface area contributed by atoms with Gasteiger partial charge in [0.05, 0.1) is 21.7 Å². The van der Waals surface area contributed by atoms with Crippen LogP contribution in [0.15, 0.2) is 46.2 Å². The topological polar surface area (TPSA) is 242 Å². The van der Waals surface area contributed by atoms with Crippen molar-refractivity contribution >= 4 is 32.2 Å². The first-order chi connectivity index (χ1) is 16.6. The van der Waals surface area contributed by atoms with E-state index < -0.39 is 66.6 Å². The summed E-state index contributed by atoms with van der Waals surface area (Å²) in [5.41, 5.74) is -0.212. The molecule has 0 spiro atoms. The number of benzene rings is 2. The Morgan fingerprint density at radius 1 is 0.650 bits per heavy atom. The summed E-state index contributed by atoms with van der Waals surface area (Å²) in [5, 5.41) is 42.4. The van der Waals surface area contributed by atoms with Gasteiger partial charge in [-0.3, -0.25) is 9.80 Å². The molecule has 0 atom stereocenters. The number of aliphatic carboxylic acids is 2. The molecule has 2 N–H and O–H groups in total. The van der Waals surface area contributed by atoms with Gasteiger partial charge >= 0.3 is 118 Å². The Hall–Kier alpha value is 0.720. The summed E-state index contributed by atoms with van der Waals surface area (Å²) in [6.45, 7) is -2.65. The molecule has 20 heteroatoms. The predicted molar refractivity (Wildman–Crippen MR) is 113 cm³/mol. The van der Waals surface area contributed by atoms with Crippen molar-refractivity contribution in [1.29, 1.82) is 0 Å². The second-order valence-electron chi connectivity index (χ2n) is 7.65. The first-order valence-corrected chi connectivity index (χ1v) is 12.8. The molecule has 0 aromatic heterocycles. The van der Waals surface area contributed by atoms with Gasteiger partial charge in [0.1, 0.15) is 31.7 Å². The van der Waals surface area contributed by atoms with Gasteiger partial charge in [0, 0.05) is 50.4 Å². The van der Waals surface area contributed by atoms with E-state index >= 15 is 0 Å². The minimum atomic E-state index is -4.87. The van der Waals surface area contributed by atoms with Crippen LogP contribution in [0.4, 0.5) is 0 Å². The predicted octanol–water partition coefficient (Wildman–Crippen LogP) is -15.3. The third kappa shape index (κ3) is 15.4. The van der Waals surface area contributed by atoms with E-state index in [4.69, 9.17) is 0 Å². The molecule has 0 aliphatic rings. The standard InChI is InChI=1S/C20H24N2O12S2.4Na/c23-17-3-1-15(35(29,30)31)7-13(17)9-21(11-19(25)26)5-6-22(12-20(27)28)10-14-8-16(36(32,33)34)2-4-18(14)24;;;;/h1-4,7-8,23-24H,5-6,9-12H2,(H,25,26)(H,27,28)(H,29,30,31)(H,32,33,34);;;;/q;4*+1/p-4. The zero-order valence-corrected chi connectivity index (χ0v) is 32.0.